The summed E-state index contributed by atoms with van der Waals surface area (Å²) >= 11 is 0. The average Bonchev–Trinajstić information content (AvgIpc) is 2.33. The molecule has 0 spiro atoms. The number of ketones is 1. The summed E-state index contributed by atoms with van der Waals surface area (Å²) in [6.45, 7) is 5.76. The van der Waals surface area contributed by atoms with Crippen LogP contribution in [0.1, 0.15) is 32.5 Å². The van der Waals surface area contributed by atoms with Crippen molar-refractivity contribution >= 4 is 5.78 Å². The molecule has 1 aromatic heterocycles. The Hall–Kier alpha value is -1.26. The molecule has 0 saturated heterocycles. The Bertz CT molecular complexity index is 279. The molecule has 0 amide bonds. The molecule has 0 fully saturated rings. The molecular weight excluding hydrogens is 156 g/mol. The minimum Gasteiger partial charge on any atom is -0.298 e. The fraction of sp³-hybridized carbons (Fsp3) is 0.714. The smallest absolute Gasteiger partial charge is 0.154 e. The SMILES string of the molecule is CC(=O)Cn1nnnc1C(C)C. The monoisotopic (exact) mass is 168 g/mol. The summed E-state index contributed by atoms with van der Waals surface area (Å²) in [5.74, 6) is 1.06. The quantitative estimate of drug-likeness (QED) is 0.654. The van der Waals surface area contributed by atoms with Gasteiger partial charge in [0.25, 0.3) is 0 Å². The number of carbonyl (C=O) groups is 1. The standard InChI is InChI=1S/C7H12N4O/c1-5(2)7-8-9-10-11(7)4-6(3)12/h5H,4H2,1-3H3. The number of aromatic nitrogens is 4. The molecule has 1 rings (SSSR count). The first-order chi connectivity index (χ1) is 5.61. The number of Topliss-reactive ketones (excluding diaryl/α,β-unsaturated/α-hetero) is 1. The molecule has 0 N–H and O–H groups in total. The van der Waals surface area contributed by atoms with E-state index >= 15 is 0 Å². The Morgan fingerprint density at radius 1 is 1.58 bits per heavy atom. The zero-order valence-electron chi connectivity index (χ0n) is 7.48. The zero-order chi connectivity index (χ0) is 9.14. The summed E-state index contributed by atoms with van der Waals surface area (Å²) in [6, 6.07) is 0. The maximum absolute atomic E-state index is 10.8. The summed E-state index contributed by atoms with van der Waals surface area (Å²) in [5, 5.41) is 11.0. The van der Waals surface area contributed by atoms with Gasteiger partial charge >= 0.3 is 0 Å². The maximum Gasteiger partial charge on any atom is 0.154 e. The summed E-state index contributed by atoms with van der Waals surface area (Å²) in [4.78, 5) is 10.8. The van der Waals surface area contributed by atoms with E-state index in [0.717, 1.165) is 5.82 Å². The van der Waals surface area contributed by atoms with Gasteiger partial charge in [0.1, 0.15) is 6.54 Å². The van der Waals surface area contributed by atoms with E-state index in [4.69, 9.17) is 0 Å². The van der Waals surface area contributed by atoms with Gasteiger partial charge in [-0.2, -0.15) is 0 Å². The highest BCUT2D eigenvalue weighted by atomic mass is 16.1. The second kappa shape index (κ2) is 3.42. The van der Waals surface area contributed by atoms with Crippen molar-refractivity contribution in [1.29, 1.82) is 0 Å². The highest BCUT2D eigenvalue weighted by Gasteiger charge is 2.10. The van der Waals surface area contributed by atoms with E-state index in [1.54, 1.807) is 0 Å². The van der Waals surface area contributed by atoms with Gasteiger partial charge in [-0.3, -0.25) is 4.79 Å². The first-order valence-corrected chi connectivity index (χ1v) is 3.86. The van der Waals surface area contributed by atoms with Crippen molar-refractivity contribution in [3.05, 3.63) is 5.82 Å². The first-order valence-electron chi connectivity index (χ1n) is 3.86. The molecule has 0 atom stereocenters. The van der Waals surface area contributed by atoms with Gasteiger partial charge in [-0.1, -0.05) is 13.8 Å². The van der Waals surface area contributed by atoms with E-state index in [-0.39, 0.29) is 18.2 Å². The molecule has 1 heterocycles. The molecule has 0 aliphatic carbocycles. The zero-order valence-corrected chi connectivity index (χ0v) is 7.48. The van der Waals surface area contributed by atoms with Crippen molar-refractivity contribution in [2.24, 2.45) is 0 Å². The second-order valence-corrected chi connectivity index (χ2v) is 3.05. The van der Waals surface area contributed by atoms with Gasteiger partial charge in [0, 0.05) is 5.92 Å². The minimum absolute atomic E-state index is 0.0594. The Morgan fingerprint density at radius 2 is 2.25 bits per heavy atom. The molecule has 0 aromatic carbocycles. The molecule has 0 radical (unpaired) electrons. The van der Waals surface area contributed by atoms with Crippen molar-refractivity contribution < 1.29 is 4.79 Å². The maximum atomic E-state index is 10.8. The van der Waals surface area contributed by atoms with Crippen LogP contribution in [0.5, 0.6) is 0 Å². The lowest BCUT2D eigenvalue weighted by atomic mass is 10.2. The van der Waals surface area contributed by atoms with E-state index in [0.29, 0.717) is 0 Å². The third-order valence-electron chi connectivity index (χ3n) is 1.45. The molecule has 1 aromatic rings. The lowest BCUT2D eigenvalue weighted by Gasteiger charge is -2.03. The van der Waals surface area contributed by atoms with Gasteiger partial charge in [-0.25, -0.2) is 4.68 Å². The van der Waals surface area contributed by atoms with Crippen LogP contribution in [0.25, 0.3) is 0 Å². The van der Waals surface area contributed by atoms with E-state index < -0.39 is 0 Å². The van der Waals surface area contributed by atoms with E-state index in [1.807, 2.05) is 13.8 Å². The number of carbonyl (C=O) groups excluding carboxylic acids is 1. The Morgan fingerprint density at radius 3 is 2.75 bits per heavy atom. The fourth-order valence-electron chi connectivity index (χ4n) is 0.949. The number of rotatable bonds is 3. The van der Waals surface area contributed by atoms with Crippen LogP contribution in [-0.4, -0.2) is 26.0 Å². The lowest BCUT2D eigenvalue weighted by molar-refractivity contribution is -0.117. The molecule has 12 heavy (non-hydrogen) atoms. The van der Waals surface area contributed by atoms with Crippen LogP contribution in [0.3, 0.4) is 0 Å². The van der Waals surface area contributed by atoms with E-state index in [9.17, 15) is 4.79 Å². The van der Waals surface area contributed by atoms with Gasteiger partial charge in [-0.05, 0) is 17.4 Å². The second-order valence-electron chi connectivity index (χ2n) is 3.05. The van der Waals surface area contributed by atoms with E-state index in [2.05, 4.69) is 15.5 Å². The van der Waals surface area contributed by atoms with Crippen LogP contribution in [0.2, 0.25) is 0 Å². The van der Waals surface area contributed by atoms with Crippen LogP contribution in [0.4, 0.5) is 0 Å². The largest absolute Gasteiger partial charge is 0.298 e. The third-order valence-corrected chi connectivity index (χ3v) is 1.45. The van der Waals surface area contributed by atoms with Crippen LogP contribution in [0, 0.1) is 0 Å². The van der Waals surface area contributed by atoms with E-state index in [1.165, 1.54) is 11.6 Å². The number of hydrogen-bond donors (Lipinski definition) is 0. The van der Waals surface area contributed by atoms with Crippen molar-refractivity contribution in [3.8, 4) is 0 Å². The molecule has 0 bridgehead atoms. The van der Waals surface area contributed by atoms with Crippen molar-refractivity contribution in [1.82, 2.24) is 20.2 Å². The molecule has 5 nitrogen and oxygen atoms in total. The molecular formula is C7H12N4O. The predicted molar refractivity (Wildman–Crippen MR) is 42.6 cm³/mol. The molecule has 5 heteroatoms. The molecule has 66 valence electrons. The van der Waals surface area contributed by atoms with Gasteiger partial charge in [0.2, 0.25) is 0 Å². The normalized spacial score (nSPS) is 10.7. The van der Waals surface area contributed by atoms with Crippen molar-refractivity contribution in [3.63, 3.8) is 0 Å². The Kier molecular flexibility index (Phi) is 2.52. The first kappa shape index (κ1) is 8.83. The van der Waals surface area contributed by atoms with Crippen molar-refractivity contribution in [2.75, 3.05) is 0 Å². The third kappa shape index (κ3) is 1.87. The summed E-state index contributed by atoms with van der Waals surface area (Å²) < 4.78 is 1.53. The fourth-order valence-corrected chi connectivity index (χ4v) is 0.949. The van der Waals surface area contributed by atoms with Crippen LogP contribution >= 0.6 is 0 Å². The number of nitrogens with zero attached hydrogens (tertiary/aromatic N) is 4. The minimum atomic E-state index is 0.0594. The van der Waals surface area contributed by atoms with Crippen molar-refractivity contribution in [2.45, 2.75) is 33.2 Å². The average molecular weight is 168 g/mol. The predicted octanol–water partition coefficient (Wildman–Crippen LogP) is 0.385. The number of hydrogen-bond acceptors (Lipinski definition) is 4. The summed E-state index contributed by atoms with van der Waals surface area (Å²) in [6.07, 6.45) is 0. The number of tetrazole rings is 1. The highest BCUT2D eigenvalue weighted by Crippen LogP contribution is 2.08. The summed E-state index contributed by atoms with van der Waals surface area (Å²) in [5.41, 5.74) is 0. The lowest BCUT2D eigenvalue weighted by Crippen LogP contribution is -2.12. The van der Waals surface area contributed by atoms with Crippen LogP contribution in [-0.2, 0) is 11.3 Å². The molecule has 0 saturated carbocycles. The topological polar surface area (TPSA) is 60.7 Å². The Balaban J connectivity index is 2.84. The van der Waals surface area contributed by atoms with Crippen LogP contribution < -0.4 is 0 Å². The van der Waals surface area contributed by atoms with Crippen LogP contribution in [0.15, 0.2) is 0 Å². The van der Waals surface area contributed by atoms with Gasteiger partial charge in [0.05, 0.1) is 0 Å². The van der Waals surface area contributed by atoms with Gasteiger partial charge in [0.15, 0.2) is 11.6 Å². The highest BCUT2D eigenvalue weighted by molar-refractivity contribution is 5.75. The molecule has 0 unspecified atom stereocenters. The van der Waals surface area contributed by atoms with Gasteiger partial charge < -0.3 is 0 Å². The molecule has 0 aliphatic rings. The molecule has 0 aliphatic heterocycles. The van der Waals surface area contributed by atoms with Gasteiger partial charge in [-0.15, -0.1) is 5.10 Å². The summed E-state index contributed by atoms with van der Waals surface area (Å²) in [7, 11) is 0. The Labute approximate surface area is 70.8 Å².